The molecule has 1 atom stereocenters. The third kappa shape index (κ3) is 1.85. The number of amides is 1. The van der Waals surface area contributed by atoms with Crippen molar-refractivity contribution in [3.05, 3.63) is 24.3 Å². The van der Waals surface area contributed by atoms with E-state index >= 15 is 0 Å². The van der Waals surface area contributed by atoms with E-state index in [1.807, 2.05) is 18.5 Å². The highest BCUT2D eigenvalue weighted by Crippen LogP contribution is 2.22. The van der Waals surface area contributed by atoms with E-state index in [-0.39, 0.29) is 11.9 Å². The Balaban J connectivity index is 2.12. The second-order valence-electron chi connectivity index (χ2n) is 4.08. The fraction of sp³-hybridized carbons (Fsp3) is 0.545. The number of carbonyl (C=O) groups excluding carboxylic acids is 1. The number of aromatic nitrogens is 3. The molecule has 1 fully saturated rings. The van der Waals surface area contributed by atoms with Gasteiger partial charge in [0.2, 0.25) is 5.91 Å². The highest BCUT2D eigenvalue weighted by atomic mass is 16.2. The van der Waals surface area contributed by atoms with Gasteiger partial charge in [-0.3, -0.25) is 4.79 Å². The molecule has 1 aliphatic heterocycles. The number of rotatable bonds is 2. The lowest BCUT2D eigenvalue weighted by molar-refractivity contribution is -0.125. The van der Waals surface area contributed by atoms with Crippen LogP contribution in [0.1, 0.15) is 24.1 Å². The minimum atomic E-state index is -0.00279. The van der Waals surface area contributed by atoms with Crippen molar-refractivity contribution in [1.29, 1.82) is 0 Å². The normalized spacial score (nSPS) is 20.1. The van der Waals surface area contributed by atoms with Crippen LogP contribution in [0.4, 0.5) is 0 Å². The van der Waals surface area contributed by atoms with Gasteiger partial charge in [-0.05, 0) is 26.3 Å². The van der Waals surface area contributed by atoms with Crippen LogP contribution < -0.4 is 0 Å². The molecule has 0 bridgehead atoms. The first-order valence-electron chi connectivity index (χ1n) is 5.43. The second kappa shape index (κ2) is 4.08. The zero-order valence-electron chi connectivity index (χ0n) is 9.68. The lowest BCUT2D eigenvalue weighted by atomic mass is 10.3. The van der Waals surface area contributed by atoms with Crippen molar-refractivity contribution in [2.45, 2.75) is 26.3 Å². The third-order valence-electron chi connectivity index (χ3n) is 2.90. The van der Waals surface area contributed by atoms with Gasteiger partial charge in [0, 0.05) is 13.1 Å². The van der Waals surface area contributed by atoms with Crippen molar-refractivity contribution >= 4 is 5.91 Å². The summed E-state index contributed by atoms with van der Waals surface area (Å²) in [6.45, 7) is 8.80. The summed E-state index contributed by atoms with van der Waals surface area (Å²) >= 11 is 0. The SMILES string of the molecule is C=CC(=O)N1CCC(n2nc(C)nc2C)C1. The molecule has 1 saturated heterocycles. The van der Waals surface area contributed by atoms with Gasteiger partial charge in [0.1, 0.15) is 11.6 Å². The number of aryl methyl sites for hydroxylation is 2. The van der Waals surface area contributed by atoms with Gasteiger partial charge in [0.05, 0.1) is 6.04 Å². The molecule has 0 aromatic carbocycles. The molecule has 86 valence electrons. The minimum absolute atomic E-state index is 0.00279. The van der Waals surface area contributed by atoms with Crippen molar-refractivity contribution in [1.82, 2.24) is 19.7 Å². The Bertz CT molecular complexity index is 424. The standard InChI is InChI=1S/C11H16N4O/c1-4-11(16)14-6-5-10(7-14)15-9(3)12-8(2)13-15/h4,10H,1,5-7H2,2-3H3. The average molecular weight is 220 g/mol. The Morgan fingerprint density at radius 3 is 2.88 bits per heavy atom. The van der Waals surface area contributed by atoms with Crippen molar-refractivity contribution < 1.29 is 4.79 Å². The summed E-state index contributed by atoms with van der Waals surface area (Å²) in [5, 5.41) is 4.35. The molecular formula is C11H16N4O. The van der Waals surface area contributed by atoms with Gasteiger partial charge < -0.3 is 4.90 Å². The maximum atomic E-state index is 11.4. The first-order chi connectivity index (χ1) is 7.61. The summed E-state index contributed by atoms with van der Waals surface area (Å²) < 4.78 is 1.92. The first kappa shape index (κ1) is 10.9. The number of hydrogen-bond donors (Lipinski definition) is 0. The topological polar surface area (TPSA) is 51.0 Å². The molecule has 2 heterocycles. The van der Waals surface area contributed by atoms with Crippen LogP contribution in [0.2, 0.25) is 0 Å². The van der Waals surface area contributed by atoms with Gasteiger partial charge in [0.15, 0.2) is 0 Å². The van der Waals surface area contributed by atoms with E-state index in [0.717, 1.165) is 24.6 Å². The van der Waals surface area contributed by atoms with E-state index in [9.17, 15) is 4.79 Å². The van der Waals surface area contributed by atoms with Crippen LogP contribution in [0.5, 0.6) is 0 Å². The predicted octanol–water partition coefficient (Wildman–Crippen LogP) is 0.854. The van der Waals surface area contributed by atoms with Crippen LogP contribution in [0, 0.1) is 13.8 Å². The number of nitrogens with zero attached hydrogens (tertiary/aromatic N) is 4. The van der Waals surface area contributed by atoms with E-state index < -0.39 is 0 Å². The highest BCUT2D eigenvalue weighted by molar-refractivity contribution is 5.87. The molecule has 0 N–H and O–H groups in total. The Kier molecular flexibility index (Phi) is 2.77. The molecule has 16 heavy (non-hydrogen) atoms. The molecule has 2 rings (SSSR count). The molecular weight excluding hydrogens is 204 g/mol. The van der Waals surface area contributed by atoms with Gasteiger partial charge >= 0.3 is 0 Å². The van der Waals surface area contributed by atoms with Crippen LogP contribution >= 0.6 is 0 Å². The summed E-state index contributed by atoms with van der Waals surface area (Å²) in [6.07, 6.45) is 2.30. The van der Waals surface area contributed by atoms with Gasteiger partial charge in [-0.1, -0.05) is 6.58 Å². The largest absolute Gasteiger partial charge is 0.337 e. The fourth-order valence-electron chi connectivity index (χ4n) is 2.15. The average Bonchev–Trinajstić information content (AvgIpc) is 2.83. The molecule has 0 radical (unpaired) electrons. The molecule has 1 aliphatic rings. The number of carbonyl (C=O) groups is 1. The van der Waals surface area contributed by atoms with Crippen LogP contribution in [0.25, 0.3) is 0 Å². The maximum absolute atomic E-state index is 11.4. The zero-order valence-corrected chi connectivity index (χ0v) is 9.68. The van der Waals surface area contributed by atoms with Gasteiger partial charge in [-0.2, -0.15) is 5.10 Å². The summed E-state index contributed by atoms with van der Waals surface area (Å²) in [6, 6.07) is 0.255. The maximum Gasteiger partial charge on any atom is 0.246 e. The quantitative estimate of drug-likeness (QED) is 0.694. The van der Waals surface area contributed by atoms with Crippen molar-refractivity contribution in [3.63, 3.8) is 0 Å². The Morgan fingerprint density at radius 1 is 1.56 bits per heavy atom. The molecule has 0 spiro atoms. The molecule has 5 heteroatoms. The summed E-state index contributed by atoms with van der Waals surface area (Å²) in [4.78, 5) is 17.5. The number of likely N-dealkylation sites (tertiary alicyclic amines) is 1. The van der Waals surface area contributed by atoms with Gasteiger partial charge in [-0.15, -0.1) is 0 Å². The van der Waals surface area contributed by atoms with Crippen LogP contribution in [0.3, 0.4) is 0 Å². The summed E-state index contributed by atoms with van der Waals surface area (Å²) in [5.74, 6) is 1.69. The lowest BCUT2D eigenvalue weighted by Gasteiger charge is -2.14. The van der Waals surface area contributed by atoms with E-state index in [1.54, 1.807) is 4.90 Å². The molecule has 5 nitrogen and oxygen atoms in total. The Hall–Kier alpha value is -1.65. The molecule has 1 aromatic rings. The Labute approximate surface area is 94.8 Å². The summed E-state index contributed by atoms with van der Waals surface area (Å²) in [7, 11) is 0. The highest BCUT2D eigenvalue weighted by Gasteiger charge is 2.27. The van der Waals surface area contributed by atoms with Crippen molar-refractivity contribution in [2.24, 2.45) is 0 Å². The minimum Gasteiger partial charge on any atom is -0.337 e. The molecule has 0 aliphatic carbocycles. The fourth-order valence-corrected chi connectivity index (χ4v) is 2.15. The zero-order chi connectivity index (χ0) is 11.7. The van der Waals surface area contributed by atoms with E-state index in [2.05, 4.69) is 16.7 Å². The third-order valence-corrected chi connectivity index (χ3v) is 2.90. The van der Waals surface area contributed by atoms with Crippen LogP contribution in [-0.4, -0.2) is 38.7 Å². The van der Waals surface area contributed by atoms with E-state index in [1.165, 1.54) is 6.08 Å². The molecule has 1 aromatic heterocycles. The van der Waals surface area contributed by atoms with E-state index in [4.69, 9.17) is 0 Å². The lowest BCUT2D eigenvalue weighted by Crippen LogP contribution is -2.27. The smallest absolute Gasteiger partial charge is 0.246 e. The Morgan fingerprint density at radius 2 is 2.31 bits per heavy atom. The van der Waals surface area contributed by atoms with Crippen LogP contribution in [0.15, 0.2) is 12.7 Å². The van der Waals surface area contributed by atoms with E-state index in [0.29, 0.717) is 6.54 Å². The molecule has 1 amide bonds. The number of hydrogen-bond acceptors (Lipinski definition) is 3. The monoisotopic (exact) mass is 220 g/mol. The molecule has 0 saturated carbocycles. The summed E-state index contributed by atoms with van der Waals surface area (Å²) in [5.41, 5.74) is 0. The predicted molar refractivity (Wildman–Crippen MR) is 59.9 cm³/mol. The van der Waals surface area contributed by atoms with Crippen molar-refractivity contribution in [3.8, 4) is 0 Å². The van der Waals surface area contributed by atoms with Gasteiger partial charge in [0.25, 0.3) is 0 Å². The van der Waals surface area contributed by atoms with Crippen molar-refractivity contribution in [2.75, 3.05) is 13.1 Å². The van der Waals surface area contributed by atoms with Gasteiger partial charge in [-0.25, -0.2) is 9.67 Å². The van der Waals surface area contributed by atoms with Crippen LogP contribution in [-0.2, 0) is 4.79 Å². The second-order valence-corrected chi connectivity index (χ2v) is 4.08. The molecule has 1 unspecified atom stereocenters. The first-order valence-corrected chi connectivity index (χ1v) is 5.43.